The summed E-state index contributed by atoms with van der Waals surface area (Å²) in [6.45, 7) is 0. The highest BCUT2D eigenvalue weighted by Gasteiger charge is 2.12. The van der Waals surface area contributed by atoms with Crippen LogP contribution >= 0.6 is 0 Å². The van der Waals surface area contributed by atoms with Crippen LogP contribution in [0, 0.1) is 0 Å². The molecule has 134 valence electrons. The maximum Gasteiger partial charge on any atom is 0.305 e. The molecule has 1 aromatic carbocycles. The van der Waals surface area contributed by atoms with Crippen molar-refractivity contribution >= 4 is 39.6 Å². The Kier molecular flexibility index (Phi) is 5.12. The summed E-state index contributed by atoms with van der Waals surface area (Å²) in [5.74, 6) is -1.29. The number of fused-ring (bicyclic) bond motifs is 3. The Morgan fingerprint density at radius 2 is 1.88 bits per heavy atom. The second kappa shape index (κ2) is 7.64. The van der Waals surface area contributed by atoms with Crippen molar-refractivity contribution in [2.45, 2.75) is 19.3 Å². The van der Waals surface area contributed by atoms with Gasteiger partial charge in [0.05, 0.1) is 18.8 Å². The van der Waals surface area contributed by atoms with Crippen molar-refractivity contribution in [3.8, 4) is 0 Å². The molecule has 3 N–H and O–H groups in total. The molecule has 2 heterocycles. The smallest absolute Gasteiger partial charge is 0.305 e. The number of aromatic nitrogens is 2. The number of hydrazine groups is 1. The van der Waals surface area contributed by atoms with E-state index in [1.807, 2.05) is 24.3 Å². The number of aromatic amines is 1. The van der Waals surface area contributed by atoms with E-state index in [1.54, 1.807) is 12.3 Å². The van der Waals surface area contributed by atoms with E-state index in [0.717, 1.165) is 21.8 Å². The molecular formula is C18H18N4O4. The molecule has 0 unspecified atom stereocenters. The highest BCUT2D eigenvalue weighted by atomic mass is 16.5. The average Bonchev–Trinajstić information content (AvgIpc) is 3.03. The molecule has 2 aromatic heterocycles. The Morgan fingerprint density at radius 3 is 2.69 bits per heavy atom. The van der Waals surface area contributed by atoms with Gasteiger partial charge < -0.3 is 9.72 Å². The van der Waals surface area contributed by atoms with Gasteiger partial charge in [-0.2, -0.15) is 0 Å². The van der Waals surface area contributed by atoms with Gasteiger partial charge in [-0.25, -0.2) is 4.98 Å². The Labute approximate surface area is 148 Å². The Morgan fingerprint density at radius 1 is 1.08 bits per heavy atom. The summed E-state index contributed by atoms with van der Waals surface area (Å²) < 4.78 is 4.50. The molecule has 0 aliphatic rings. The summed E-state index contributed by atoms with van der Waals surface area (Å²) in [7, 11) is 1.29. The van der Waals surface area contributed by atoms with Crippen molar-refractivity contribution in [2.75, 3.05) is 7.11 Å². The van der Waals surface area contributed by atoms with Crippen LogP contribution in [0.4, 0.5) is 0 Å². The molecule has 0 aliphatic carbocycles. The number of carbonyl (C=O) groups is 3. The summed E-state index contributed by atoms with van der Waals surface area (Å²) in [6, 6.07) is 9.42. The standard InChI is InChI=1S/C18H18N4O4/c1-26-17(24)8-4-7-16(23)21-22-18(25)14-9-12-11-5-2-3-6-13(11)20-15(12)10-19-14/h2-3,5-6,9-10,20H,4,7-8H2,1H3,(H,21,23)(H,22,25). The number of hydrogen-bond acceptors (Lipinski definition) is 5. The number of benzene rings is 1. The molecule has 0 aliphatic heterocycles. The van der Waals surface area contributed by atoms with E-state index >= 15 is 0 Å². The molecule has 3 aromatic rings. The van der Waals surface area contributed by atoms with Crippen LogP contribution in [-0.2, 0) is 14.3 Å². The first-order valence-electron chi connectivity index (χ1n) is 8.11. The number of H-pyrrole nitrogens is 1. The zero-order chi connectivity index (χ0) is 18.5. The minimum atomic E-state index is -0.515. The fourth-order valence-electron chi connectivity index (χ4n) is 2.62. The number of amides is 2. The number of methoxy groups -OCH3 is 1. The second-order valence-corrected chi connectivity index (χ2v) is 5.72. The third-order valence-corrected chi connectivity index (χ3v) is 3.95. The predicted octanol–water partition coefficient (Wildman–Crippen LogP) is 1.82. The average molecular weight is 354 g/mol. The van der Waals surface area contributed by atoms with Crippen LogP contribution in [0.2, 0.25) is 0 Å². The van der Waals surface area contributed by atoms with Crippen molar-refractivity contribution in [1.29, 1.82) is 0 Å². The molecule has 0 spiro atoms. The van der Waals surface area contributed by atoms with E-state index < -0.39 is 11.8 Å². The molecule has 0 saturated carbocycles. The first-order valence-corrected chi connectivity index (χ1v) is 8.11. The molecule has 3 rings (SSSR count). The molecule has 0 saturated heterocycles. The van der Waals surface area contributed by atoms with E-state index in [4.69, 9.17) is 0 Å². The Bertz CT molecular complexity index is 980. The number of pyridine rings is 1. The molecular weight excluding hydrogens is 336 g/mol. The minimum Gasteiger partial charge on any atom is -0.469 e. The van der Waals surface area contributed by atoms with Gasteiger partial charge in [0.2, 0.25) is 5.91 Å². The zero-order valence-electron chi connectivity index (χ0n) is 14.2. The fraction of sp³-hybridized carbons (Fsp3) is 0.222. The first kappa shape index (κ1) is 17.4. The number of para-hydroxylation sites is 1. The molecule has 0 bridgehead atoms. The summed E-state index contributed by atoms with van der Waals surface area (Å²) in [5, 5.41) is 1.87. The molecule has 8 heteroatoms. The highest BCUT2D eigenvalue weighted by molar-refractivity contribution is 6.09. The van der Waals surface area contributed by atoms with Gasteiger partial charge in [0, 0.05) is 29.1 Å². The lowest BCUT2D eigenvalue weighted by molar-refractivity contribution is -0.140. The van der Waals surface area contributed by atoms with Gasteiger partial charge in [0.1, 0.15) is 5.69 Å². The topological polar surface area (TPSA) is 113 Å². The normalized spacial score (nSPS) is 10.7. The first-order chi connectivity index (χ1) is 12.6. The minimum absolute atomic E-state index is 0.101. The van der Waals surface area contributed by atoms with Crippen LogP contribution in [0.15, 0.2) is 36.5 Å². The number of nitrogens with zero attached hydrogens (tertiary/aromatic N) is 1. The van der Waals surface area contributed by atoms with Gasteiger partial charge in [-0.15, -0.1) is 0 Å². The lowest BCUT2D eigenvalue weighted by Gasteiger charge is -2.07. The van der Waals surface area contributed by atoms with Gasteiger partial charge in [-0.05, 0) is 18.6 Å². The third-order valence-electron chi connectivity index (χ3n) is 3.95. The number of rotatable bonds is 5. The van der Waals surface area contributed by atoms with Crippen LogP contribution in [0.5, 0.6) is 0 Å². The summed E-state index contributed by atoms with van der Waals surface area (Å²) >= 11 is 0. The second-order valence-electron chi connectivity index (χ2n) is 5.72. The number of carbonyl (C=O) groups excluding carboxylic acids is 3. The van der Waals surface area contributed by atoms with Gasteiger partial charge in [0.25, 0.3) is 5.91 Å². The quantitative estimate of drug-likeness (QED) is 0.478. The SMILES string of the molecule is COC(=O)CCCC(=O)NNC(=O)c1cc2c(cn1)[nH]c1ccccc12. The van der Waals surface area contributed by atoms with Crippen molar-refractivity contribution in [3.05, 3.63) is 42.2 Å². The van der Waals surface area contributed by atoms with Gasteiger partial charge in [-0.1, -0.05) is 18.2 Å². The van der Waals surface area contributed by atoms with Crippen molar-refractivity contribution in [1.82, 2.24) is 20.8 Å². The van der Waals surface area contributed by atoms with Crippen molar-refractivity contribution in [2.24, 2.45) is 0 Å². The molecule has 0 atom stereocenters. The van der Waals surface area contributed by atoms with E-state index in [2.05, 4.69) is 25.6 Å². The molecule has 2 amide bonds. The van der Waals surface area contributed by atoms with E-state index in [-0.39, 0.29) is 24.5 Å². The highest BCUT2D eigenvalue weighted by Crippen LogP contribution is 2.24. The van der Waals surface area contributed by atoms with Crippen molar-refractivity contribution in [3.63, 3.8) is 0 Å². The fourth-order valence-corrected chi connectivity index (χ4v) is 2.62. The lowest BCUT2D eigenvalue weighted by Crippen LogP contribution is -2.41. The molecule has 0 fully saturated rings. The Hall–Kier alpha value is -3.42. The number of nitrogens with one attached hydrogen (secondary N) is 3. The molecule has 0 radical (unpaired) electrons. The van der Waals surface area contributed by atoms with Crippen LogP contribution in [0.25, 0.3) is 21.8 Å². The molecule has 26 heavy (non-hydrogen) atoms. The van der Waals surface area contributed by atoms with Crippen molar-refractivity contribution < 1.29 is 19.1 Å². The van der Waals surface area contributed by atoms with Gasteiger partial charge >= 0.3 is 5.97 Å². The number of hydrogen-bond donors (Lipinski definition) is 3. The van der Waals surface area contributed by atoms with Crippen LogP contribution < -0.4 is 10.9 Å². The zero-order valence-corrected chi connectivity index (χ0v) is 14.2. The van der Waals surface area contributed by atoms with Crippen LogP contribution in [-0.4, -0.2) is 34.9 Å². The number of ether oxygens (including phenoxy) is 1. The maximum atomic E-state index is 12.2. The maximum absolute atomic E-state index is 12.2. The van der Waals surface area contributed by atoms with E-state index in [9.17, 15) is 14.4 Å². The monoisotopic (exact) mass is 354 g/mol. The summed E-state index contributed by atoms with van der Waals surface area (Å²) in [5.41, 5.74) is 6.62. The summed E-state index contributed by atoms with van der Waals surface area (Å²) in [4.78, 5) is 42.2. The Balaban J connectivity index is 1.62. The lowest BCUT2D eigenvalue weighted by atomic mass is 10.1. The van der Waals surface area contributed by atoms with E-state index in [0.29, 0.717) is 6.42 Å². The van der Waals surface area contributed by atoms with Crippen LogP contribution in [0.1, 0.15) is 29.8 Å². The molecule has 8 nitrogen and oxygen atoms in total. The summed E-state index contributed by atoms with van der Waals surface area (Å²) in [6.07, 6.45) is 2.18. The van der Waals surface area contributed by atoms with Crippen LogP contribution in [0.3, 0.4) is 0 Å². The number of esters is 1. The predicted molar refractivity (Wildman–Crippen MR) is 95.1 cm³/mol. The third kappa shape index (κ3) is 3.80. The van der Waals surface area contributed by atoms with Gasteiger partial charge in [-0.3, -0.25) is 25.2 Å². The van der Waals surface area contributed by atoms with Gasteiger partial charge in [0.15, 0.2) is 0 Å². The van der Waals surface area contributed by atoms with E-state index in [1.165, 1.54) is 7.11 Å². The largest absolute Gasteiger partial charge is 0.469 e.